The van der Waals surface area contributed by atoms with Crippen LogP contribution >= 0.6 is 0 Å². The van der Waals surface area contributed by atoms with E-state index in [1.807, 2.05) is 36.5 Å². The highest BCUT2D eigenvalue weighted by molar-refractivity contribution is 5.70. The Hall–Kier alpha value is -3.47. The molecule has 2 aliphatic heterocycles. The van der Waals surface area contributed by atoms with Gasteiger partial charge in [-0.15, -0.1) is 0 Å². The Kier molecular flexibility index (Phi) is 7.22. The average molecular weight is 470 g/mol. The van der Waals surface area contributed by atoms with Crippen LogP contribution in [0, 0.1) is 11.3 Å². The summed E-state index contributed by atoms with van der Waals surface area (Å²) in [7, 11) is 2.18. The topological polar surface area (TPSA) is 83.3 Å². The summed E-state index contributed by atoms with van der Waals surface area (Å²) in [4.78, 5) is 11.4. The molecule has 180 valence electrons. The van der Waals surface area contributed by atoms with Gasteiger partial charge in [-0.2, -0.15) is 5.26 Å². The summed E-state index contributed by atoms with van der Waals surface area (Å²) in [5, 5.41) is 13.1. The number of nitrogens with one attached hydrogen (secondary N) is 1. The van der Waals surface area contributed by atoms with Gasteiger partial charge in [-0.3, -0.25) is 0 Å². The van der Waals surface area contributed by atoms with Gasteiger partial charge in [0.2, 0.25) is 0 Å². The summed E-state index contributed by atoms with van der Waals surface area (Å²) < 4.78 is 11.5. The standard InChI is InChI=1S/C28H31N5O2/c1-33-12-6-20(7-13-33)22-4-10-30-27(17-22)32-28-18-23(5-11-31-28)21-2-3-26(24(16-21)19-29)35-25-8-14-34-15-9-25/h2-5,10-11,16-18,20,25H,6-9,12-15H2,1H3,(H,30,31,32). The highest BCUT2D eigenvalue weighted by atomic mass is 16.5. The van der Waals surface area contributed by atoms with Crippen LogP contribution in [0.25, 0.3) is 11.1 Å². The third-order valence-corrected chi connectivity index (χ3v) is 6.89. The minimum Gasteiger partial charge on any atom is -0.489 e. The summed E-state index contributed by atoms with van der Waals surface area (Å²) in [5.74, 6) is 2.71. The number of hydrogen-bond donors (Lipinski definition) is 1. The second-order valence-corrected chi connectivity index (χ2v) is 9.36. The summed E-state index contributed by atoms with van der Waals surface area (Å²) in [5.41, 5.74) is 3.78. The molecule has 3 aromatic rings. The van der Waals surface area contributed by atoms with E-state index in [9.17, 15) is 5.26 Å². The summed E-state index contributed by atoms with van der Waals surface area (Å²) in [6.45, 7) is 3.66. The van der Waals surface area contributed by atoms with Crippen molar-refractivity contribution in [1.29, 1.82) is 5.26 Å². The van der Waals surface area contributed by atoms with Crippen molar-refractivity contribution in [2.45, 2.75) is 37.7 Å². The van der Waals surface area contributed by atoms with Gasteiger partial charge in [-0.1, -0.05) is 6.07 Å². The van der Waals surface area contributed by atoms with Crippen molar-refractivity contribution in [3.8, 4) is 22.9 Å². The fourth-order valence-corrected chi connectivity index (χ4v) is 4.79. The summed E-state index contributed by atoms with van der Waals surface area (Å²) in [6.07, 6.45) is 7.77. The molecular formula is C28H31N5O2. The fraction of sp³-hybridized carbons (Fsp3) is 0.393. The minimum atomic E-state index is 0.0937. The van der Waals surface area contributed by atoms with Crippen LogP contribution in [0.15, 0.2) is 54.9 Å². The predicted molar refractivity (Wildman–Crippen MR) is 136 cm³/mol. The molecular weight excluding hydrogens is 438 g/mol. The Morgan fingerprint density at radius 1 is 0.943 bits per heavy atom. The maximum absolute atomic E-state index is 9.73. The lowest BCUT2D eigenvalue weighted by Gasteiger charge is -2.29. The van der Waals surface area contributed by atoms with Gasteiger partial charge < -0.3 is 19.7 Å². The Morgan fingerprint density at radius 2 is 1.66 bits per heavy atom. The van der Waals surface area contributed by atoms with Gasteiger partial charge in [-0.25, -0.2) is 9.97 Å². The zero-order valence-corrected chi connectivity index (χ0v) is 20.1. The number of piperidine rings is 1. The Morgan fingerprint density at radius 3 is 2.43 bits per heavy atom. The SMILES string of the molecule is CN1CCC(c2ccnc(Nc3cc(-c4ccc(OC5CCOCC5)c(C#N)c4)ccn3)c2)CC1. The Labute approximate surface area is 206 Å². The van der Waals surface area contributed by atoms with E-state index >= 15 is 0 Å². The molecule has 1 aromatic carbocycles. The number of likely N-dealkylation sites (tertiary alicyclic amines) is 1. The number of nitriles is 1. The lowest BCUT2D eigenvalue weighted by atomic mass is 9.90. The van der Waals surface area contributed by atoms with E-state index < -0.39 is 0 Å². The molecule has 2 aromatic heterocycles. The van der Waals surface area contributed by atoms with E-state index in [-0.39, 0.29) is 6.10 Å². The number of anilines is 2. The molecule has 4 heterocycles. The molecule has 0 aliphatic carbocycles. The molecule has 0 bridgehead atoms. The van der Waals surface area contributed by atoms with E-state index in [1.54, 1.807) is 6.20 Å². The zero-order chi connectivity index (χ0) is 24.0. The second-order valence-electron chi connectivity index (χ2n) is 9.36. The first-order valence-corrected chi connectivity index (χ1v) is 12.3. The van der Waals surface area contributed by atoms with Crippen molar-refractivity contribution < 1.29 is 9.47 Å². The van der Waals surface area contributed by atoms with E-state index in [0.717, 1.165) is 48.7 Å². The first-order chi connectivity index (χ1) is 17.2. The third kappa shape index (κ3) is 5.79. The lowest BCUT2D eigenvalue weighted by Crippen LogP contribution is -2.29. The minimum absolute atomic E-state index is 0.0937. The molecule has 0 unspecified atom stereocenters. The van der Waals surface area contributed by atoms with Crippen LogP contribution < -0.4 is 10.1 Å². The molecule has 2 fully saturated rings. The van der Waals surface area contributed by atoms with Crippen molar-refractivity contribution in [2.24, 2.45) is 0 Å². The van der Waals surface area contributed by atoms with Crippen LogP contribution in [0.1, 0.15) is 42.7 Å². The van der Waals surface area contributed by atoms with Crippen molar-refractivity contribution >= 4 is 11.6 Å². The van der Waals surface area contributed by atoms with Crippen LogP contribution in [0.4, 0.5) is 11.6 Å². The van der Waals surface area contributed by atoms with Gasteiger partial charge in [0.15, 0.2) is 0 Å². The van der Waals surface area contributed by atoms with Gasteiger partial charge >= 0.3 is 0 Å². The monoisotopic (exact) mass is 469 g/mol. The molecule has 0 spiro atoms. The van der Waals surface area contributed by atoms with Crippen LogP contribution in [-0.4, -0.2) is 54.3 Å². The molecule has 0 atom stereocenters. The number of hydrogen-bond acceptors (Lipinski definition) is 7. The van der Waals surface area contributed by atoms with Crippen LogP contribution in [-0.2, 0) is 4.74 Å². The Bertz CT molecular complexity index is 1190. The van der Waals surface area contributed by atoms with Crippen LogP contribution in [0.2, 0.25) is 0 Å². The van der Waals surface area contributed by atoms with Gasteiger partial charge in [0.05, 0.1) is 18.8 Å². The Balaban J connectivity index is 1.31. The molecule has 7 heteroatoms. The molecule has 7 nitrogen and oxygen atoms in total. The second kappa shape index (κ2) is 10.9. The van der Waals surface area contributed by atoms with E-state index in [1.165, 1.54) is 18.4 Å². The first-order valence-electron chi connectivity index (χ1n) is 12.3. The van der Waals surface area contributed by atoms with Crippen molar-refractivity contribution in [1.82, 2.24) is 14.9 Å². The zero-order valence-electron chi connectivity index (χ0n) is 20.1. The van der Waals surface area contributed by atoms with Gasteiger partial charge in [0, 0.05) is 25.2 Å². The maximum Gasteiger partial charge on any atom is 0.137 e. The molecule has 0 saturated carbocycles. The molecule has 0 radical (unpaired) electrons. The van der Waals surface area contributed by atoms with Gasteiger partial charge in [-0.05, 0) is 92.0 Å². The number of ether oxygens (including phenoxy) is 2. The van der Waals surface area contributed by atoms with Crippen LogP contribution in [0.3, 0.4) is 0 Å². The summed E-state index contributed by atoms with van der Waals surface area (Å²) >= 11 is 0. The number of aromatic nitrogens is 2. The lowest BCUT2D eigenvalue weighted by molar-refractivity contribution is 0.0254. The number of pyridine rings is 2. The van der Waals surface area contributed by atoms with Crippen molar-refractivity contribution in [2.75, 3.05) is 38.7 Å². The third-order valence-electron chi connectivity index (χ3n) is 6.89. The van der Waals surface area contributed by atoms with Crippen LogP contribution in [0.5, 0.6) is 5.75 Å². The van der Waals surface area contributed by atoms with E-state index in [4.69, 9.17) is 9.47 Å². The normalized spacial score (nSPS) is 17.6. The summed E-state index contributed by atoms with van der Waals surface area (Å²) in [6, 6.07) is 16.3. The van der Waals surface area contributed by atoms with Crippen molar-refractivity contribution in [3.63, 3.8) is 0 Å². The number of rotatable bonds is 6. The van der Waals surface area contributed by atoms with Gasteiger partial charge in [0.1, 0.15) is 29.6 Å². The smallest absolute Gasteiger partial charge is 0.137 e. The molecule has 0 amide bonds. The highest BCUT2D eigenvalue weighted by Crippen LogP contribution is 2.31. The molecule has 35 heavy (non-hydrogen) atoms. The quantitative estimate of drug-likeness (QED) is 0.536. The fourth-order valence-electron chi connectivity index (χ4n) is 4.79. The largest absolute Gasteiger partial charge is 0.489 e. The van der Waals surface area contributed by atoms with Gasteiger partial charge in [0.25, 0.3) is 0 Å². The molecule has 5 rings (SSSR count). The van der Waals surface area contributed by atoms with E-state index in [0.29, 0.717) is 30.4 Å². The van der Waals surface area contributed by atoms with E-state index in [2.05, 4.69) is 45.4 Å². The highest BCUT2D eigenvalue weighted by Gasteiger charge is 2.19. The average Bonchev–Trinajstić information content (AvgIpc) is 2.90. The number of benzene rings is 1. The number of nitrogens with zero attached hydrogens (tertiary/aromatic N) is 4. The maximum atomic E-state index is 9.73. The predicted octanol–water partition coefficient (Wildman–Crippen LogP) is 5.13. The molecule has 1 N–H and O–H groups in total. The molecule has 2 saturated heterocycles. The molecule has 2 aliphatic rings. The van der Waals surface area contributed by atoms with Crippen molar-refractivity contribution in [3.05, 3.63) is 66.0 Å². The first kappa shape index (κ1) is 23.3.